The normalized spacial score (nSPS) is 11.0. The summed E-state index contributed by atoms with van der Waals surface area (Å²) in [5.41, 5.74) is 1.96. The molecule has 4 rings (SSSR count). The minimum absolute atomic E-state index is 0.225. The molecule has 0 fully saturated rings. The van der Waals surface area contributed by atoms with Crippen molar-refractivity contribution in [3.05, 3.63) is 88.7 Å². The quantitative estimate of drug-likeness (QED) is 0.492. The Morgan fingerprint density at radius 2 is 1.77 bits per heavy atom. The minimum atomic E-state index is -1.16. The molecule has 2 aromatic heterocycles. The van der Waals surface area contributed by atoms with Gasteiger partial charge in [-0.05, 0) is 41.5 Å². The molecular weight excluding hydrogens is 358 g/mol. The van der Waals surface area contributed by atoms with Crippen LogP contribution in [0.25, 0.3) is 22.2 Å². The van der Waals surface area contributed by atoms with E-state index in [0.29, 0.717) is 16.1 Å². The van der Waals surface area contributed by atoms with E-state index in [1.54, 1.807) is 24.4 Å². The lowest BCUT2D eigenvalue weighted by Crippen LogP contribution is -2.05. The molecule has 0 unspecified atom stereocenters. The number of hydrogen-bond donors (Lipinski definition) is 1. The number of H-pyrrole nitrogens is 1. The van der Waals surface area contributed by atoms with Crippen LogP contribution in [0, 0.1) is 11.6 Å². The summed E-state index contributed by atoms with van der Waals surface area (Å²) in [5, 5.41) is 1.13. The summed E-state index contributed by atoms with van der Waals surface area (Å²) in [6, 6.07) is 12.4. The Labute approximate surface area is 152 Å². The van der Waals surface area contributed by atoms with E-state index in [9.17, 15) is 13.6 Å². The molecule has 3 nitrogen and oxygen atoms in total. The van der Waals surface area contributed by atoms with Gasteiger partial charge in [-0.1, -0.05) is 29.8 Å². The van der Waals surface area contributed by atoms with Gasteiger partial charge in [0.25, 0.3) is 0 Å². The van der Waals surface area contributed by atoms with Gasteiger partial charge in [0, 0.05) is 22.8 Å². The number of rotatable bonds is 3. The number of carbonyl (C=O) groups excluding carboxylic acids is 1. The van der Waals surface area contributed by atoms with Crippen molar-refractivity contribution in [1.82, 2.24) is 9.97 Å². The van der Waals surface area contributed by atoms with Crippen molar-refractivity contribution in [2.45, 2.75) is 0 Å². The molecule has 0 radical (unpaired) electrons. The Hall–Kier alpha value is -3.05. The number of hydrogen-bond acceptors (Lipinski definition) is 2. The number of fused-ring (bicyclic) bond motifs is 1. The predicted molar refractivity (Wildman–Crippen MR) is 96.3 cm³/mol. The zero-order chi connectivity index (χ0) is 18.3. The van der Waals surface area contributed by atoms with Crippen LogP contribution in [0.1, 0.15) is 15.9 Å². The molecule has 0 saturated carbocycles. The lowest BCUT2D eigenvalue weighted by molar-refractivity contribution is 0.103. The van der Waals surface area contributed by atoms with E-state index in [0.717, 1.165) is 17.2 Å². The molecule has 1 N–H and O–H groups in total. The van der Waals surface area contributed by atoms with E-state index >= 15 is 0 Å². The van der Waals surface area contributed by atoms with Crippen LogP contribution in [-0.4, -0.2) is 15.8 Å². The fraction of sp³-hybridized carbons (Fsp3) is 0. The van der Waals surface area contributed by atoms with Crippen molar-refractivity contribution >= 4 is 28.4 Å². The van der Waals surface area contributed by atoms with E-state index in [4.69, 9.17) is 11.6 Å². The van der Waals surface area contributed by atoms with Crippen molar-refractivity contribution in [1.29, 1.82) is 0 Å². The van der Waals surface area contributed by atoms with Gasteiger partial charge in [-0.2, -0.15) is 0 Å². The Morgan fingerprint density at radius 1 is 1.00 bits per heavy atom. The highest BCUT2D eigenvalue weighted by Gasteiger charge is 2.22. The molecule has 0 bridgehead atoms. The second-order valence-electron chi connectivity index (χ2n) is 5.72. The van der Waals surface area contributed by atoms with Crippen LogP contribution in [0.15, 0.2) is 60.9 Å². The van der Waals surface area contributed by atoms with Crippen LogP contribution in [0.5, 0.6) is 0 Å². The standard InChI is InChI=1S/C20H11ClF2N2O/c21-12-6-4-11(5-7-12)13-8-9-24-20-17(13)15(10-25-20)19(26)14-2-1-3-16(22)18(14)23/h1-10H,(H,24,25). The van der Waals surface area contributed by atoms with Crippen LogP contribution in [0.2, 0.25) is 5.02 Å². The molecule has 0 atom stereocenters. The van der Waals surface area contributed by atoms with Gasteiger partial charge in [0.2, 0.25) is 0 Å². The molecule has 0 saturated heterocycles. The van der Waals surface area contributed by atoms with Gasteiger partial charge < -0.3 is 4.98 Å². The summed E-state index contributed by atoms with van der Waals surface area (Å²) in [6.45, 7) is 0. The van der Waals surface area contributed by atoms with Crippen LogP contribution in [0.4, 0.5) is 8.78 Å². The van der Waals surface area contributed by atoms with Crippen molar-refractivity contribution in [2.75, 3.05) is 0 Å². The molecule has 4 aromatic rings. The fourth-order valence-electron chi connectivity index (χ4n) is 2.93. The first-order valence-electron chi connectivity index (χ1n) is 7.77. The zero-order valence-corrected chi connectivity index (χ0v) is 14.0. The number of aromatic nitrogens is 2. The van der Waals surface area contributed by atoms with Gasteiger partial charge in [-0.3, -0.25) is 4.79 Å². The SMILES string of the molecule is O=C(c1cccc(F)c1F)c1c[nH]c2nccc(-c3ccc(Cl)cc3)c12. The van der Waals surface area contributed by atoms with Crippen LogP contribution >= 0.6 is 11.6 Å². The van der Waals surface area contributed by atoms with Crippen molar-refractivity contribution in [3.8, 4) is 11.1 Å². The van der Waals surface area contributed by atoms with Gasteiger partial charge in [0.15, 0.2) is 17.4 Å². The molecule has 128 valence electrons. The third kappa shape index (κ3) is 2.66. The molecular formula is C20H11ClF2N2O. The Bertz CT molecular complexity index is 1140. The average molecular weight is 369 g/mol. The van der Waals surface area contributed by atoms with Crippen molar-refractivity contribution in [3.63, 3.8) is 0 Å². The third-order valence-electron chi connectivity index (χ3n) is 4.17. The van der Waals surface area contributed by atoms with Crippen LogP contribution in [0.3, 0.4) is 0 Å². The average Bonchev–Trinajstić information content (AvgIpc) is 3.08. The van der Waals surface area contributed by atoms with Gasteiger partial charge >= 0.3 is 0 Å². The topological polar surface area (TPSA) is 45.8 Å². The Balaban J connectivity index is 1.93. The molecule has 0 spiro atoms. The Kier molecular flexibility index (Phi) is 4.01. The summed E-state index contributed by atoms with van der Waals surface area (Å²) in [7, 11) is 0. The molecule has 2 aromatic carbocycles. The number of nitrogens with one attached hydrogen (secondary N) is 1. The van der Waals surface area contributed by atoms with E-state index in [1.165, 1.54) is 18.3 Å². The number of pyridine rings is 1. The molecule has 0 aliphatic heterocycles. The highest BCUT2D eigenvalue weighted by atomic mass is 35.5. The second kappa shape index (κ2) is 6.35. The van der Waals surface area contributed by atoms with Crippen LogP contribution < -0.4 is 0 Å². The largest absolute Gasteiger partial charge is 0.345 e. The second-order valence-corrected chi connectivity index (χ2v) is 6.16. The molecule has 2 heterocycles. The summed E-state index contributed by atoms with van der Waals surface area (Å²) < 4.78 is 27.6. The Morgan fingerprint density at radius 3 is 2.54 bits per heavy atom. The monoisotopic (exact) mass is 368 g/mol. The van der Waals surface area contributed by atoms with Crippen LogP contribution in [-0.2, 0) is 0 Å². The predicted octanol–water partition coefficient (Wildman–Crippen LogP) is 5.39. The molecule has 0 amide bonds. The van der Waals surface area contributed by atoms with E-state index in [2.05, 4.69) is 9.97 Å². The first-order chi connectivity index (χ1) is 12.6. The van der Waals surface area contributed by atoms with E-state index in [-0.39, 0.29) is 11.1 Å². The molecule has 6 heteroatoms. The van der Waals surface area contributed by atoms with Gasteiger partial charge in [0.1, 0.15) is 5.65 Å². The number of benzene rings is 2. The van der Waals surface area contributed by atoms with E-state index in [1.807, 2.05) is 12.1 Å². The summed E-state index contributed by atoms with van der Waals surface area (Å²) in [6.07, 6.45) is 3.07. The summed E-state index contributed by atoms with van der Waals surface area (Å²) in [4.78, 5) is 20.0. The minimum Gasteiger partial charge on any atom is -0.345 e. The number of carbonyl (C=O) groups is 1. The number of halogens is 3. The molecule has 0 aliphatic carbocycles. The lowest BCUT2D eigenvalue weighted by Gasteiger charge is -2.07. The first kappa shape index (κ1) is 16.4. The third-order valence-corrected chi connectivity index (χ3v) is 4.42. The fourth-order valence-corrected chi connectivity index (χ4v) is 3.06. The highest BCUT2D eigenvalue weighted by molar-refractivity contribution is 6.30. The number of ketones is 1. The van der Waals surface area contributed by atoms with E-state index < -0.39 is 17.4 Å². The number of nitrogens with zero attached hydrogens (tertiary/aromatic N) is 1. The maximum atomic E-state index is 14.1. The summed E-state index contributed by atoms with van der Waals surface area (Å²) in [5.74, 6) is -2.84. The maximum absolute atomic E-state index is 14.1. The lowest BCUT2D eigenvalue weighted by atomic mass is 9.97. The highest BCUT2D eigenvalue weighted by Crippen LogP contribution is 2.32. The van der Waals surface area contributed by atoms with Crippen molar-refractivity contribution < 1.29 is 13.6 Å². The van der Waals surface area contributed by atoms with Crippen molar-refractivity contribution in [2.24, 2.45) is 0 Å². The summed E-state index contributed by atoms with van der Waals surface area (Å²) >= 11 is 5.94. The maximum Gasteiger partial charge on any atom is 0.198 e. The molecule has 0 aliphatic rings. The molecule has 26 heavy (non-hydrogen) atoms. The zero-order valence-electron chi connectivity index (χ0n) is 13.3. The van der Waals surface area contributed by atoms with Gasteiger partial charge in [-0.15, -0.1) is 0 Å². The first-order valence-corrected chi connectivity index (χ1v) is 8.15. The van der Waals surface area contributed by atoms with Gasteiger partial charge in [0.05, 0.1) is 11.1 Å². The van der Waals surface area contributed by atoms with Gasteiger partial charge in [-0.25, -0.2) is 13.8 Å². The number of aromatic amines is 1. The smallest absolute Gasteiger partial charge is 0.198 e.